The molecule has 23 heavy (non-hydrogen) atoms. The number of halogens is 1. The molecule has 3 aromatic rings. The lowest BCUT2D eigenvalue weighted by molar-refractivity contribution is -0.129. The topological polar surface area (TPSA) is 49.0 Å². The Morgan fingerprint density at radius 1 is 1.43 bits per heavy atom. The summed E-state index contributed by atoms with van der Waals surface area (Å²) in [6, 6.07) is 7.66. The summed E-state index contributed by atoms with van der Waals surface area (Å²) in [5.41, 5.74) is 3.05. The Kier molecular flexibility index (Phi) is 4.05. The Bertz CT molecular complexity index is 873. The van der Waals surface area contributed by atoms with Gasteiger partial charge in [0, 0.05) is 23.0 Å². The monoisotopic (exact) mass is 363 g/mol. The molecular formula is C16H14ClN3OS2. The van der Waals surface area contributed by atoms with Crippen LogP contribution in [-0.4, -0.2) is 33.1 Å². The van der Waals surface area contributed by atoms with Gasteiger partial charge in [-0.25, -0.2) is 4.98 Å². The first-order chi connectivity index (χ1) is 11.2. The molecule has 1 aliphatic heterocycles. The molecule has 0 saturated heterocycles. The summed E-state index contributed by atoms with van der Waals surface area (Å²) in [4.78, 5) is 23.4. The molecule has 1 aromatic carbocycles. The molecule has 1 aliphatic rings. The molecule has 4 nitrogen and oxygen atoms in total. The van der Waals surface area contributed by atoms with Crippen LogP contribution in [-0.2, 0) is 17.8 Å². The number of hydrogen-bond donors (Lipinski definition) is 1. The molecule has 0 atom stereocenters. The van der Waals surface area contributed by atoms with E-state index in [2.05, 4.69) is 21.4 Å². The summed E-state index contributed by atoms with van der Waals surface area (Å²) in [6.45, 7) is 1.54. The van der Waals surface area contributed by atoms with Gasteiger partial charge in [-0.1, -0.05) is 23.4 Å². The molecule has 0 bridgehead atoms. The molecule has 0 aliphatic carbocycles. The number of carbonyl (C=O) groups excluding carboxylic acids is 1. The minimum atomic E-state index is 0.158. The maximum atomic E-state index is 12.4. The van der Waals surface area contributed by atoms with Gasteiger partial charge in [0.05, 0.1) is 16.8 Å². The van der Waals surface area contributed by atoms with E-state index in [1.165, 1.54) is 22.2 Å². The fraction of sp³-hybridized carbons (Fsp3) is 0.250. The number of aromatic nitrogens is 2. The van der Waals surface area contributed by atoms with Gasteiger partial charge in [0.15, 0.2) is 5.16 Å². The lowest BCUT2D eigenvalue weighted by Crippen LogP contribution is -2.36. The number of nitrogens with zero attached hydrogens (tertiary/aromatic N) is 2. The molecule has 2 aromatic heterocycles. The van der Waals surface area contributed by atoms with Crippen molar-refractivity contribution in [1.29, 1.82) is 0 Å². The number of aromatic amines is 1. The molecule has 0 spiro atoms. The second-order valence-electron chi connectivity index (χ2n) is 5.43. The molecule has 7 heteroatoms. The minimum Gasteiger partial charge on any atom is -0.337 e. The van der Waals surface area contributed by atoms with Crippen LogP contribution in [0, 0.1) is 0 Å². The van der Waals surface area contributed by atoms with Gasteiger partial charge in [0.1, 0.15) is 0 Å². The van der Waals surface area contributed by atoms with E-state index < -0.39 is 0 Å². The zero-order chi connectivity index (χ0) is 15.8. The predicted molar refractivity (Wildman–Crippen MR) is 95.3 cm³/mol. The van der Waals surface area contributed by atoms with Crippen molar-refractivity contribution in [2.45, 2.75) is 18.1 Å². The van der Waals surface area contributed by atoms with Crippen molar-refractivity contribution >= 4 is 51.6 Å². The van der Waals surface area contributed by atoms with E-state index in [0.717, 1.165) is 35.7 Å². The summed E-state index contributed by atoms with van der Waals surface area (Å²) in [6.07, 6.45) is 0.965. The van der Waals surface area contributed by atoms with Crippen LogP contribution in [0.25, 0.3) is 11.0 Å². The first-order valence-electron chi connectivity index (χ1n) is 7.30. The summed E-state index contributed by atoms with van der Waals surface area (Å²) in [5.74, 6) is 0.554. The average Bonchev–Trinajstić information content (AvgIpc) is 3.17. The normalized spacial score (nSPS) is 14.2. The van der Waals surface area contributed by atoms with E-state index in [0.29, 0.717) is 10.8 Å². The van der Waals surface area contributed by atoms with Crippen molar-refractivity contribution in [3.05, 3.63) is 45.1 Å². The van der Waals surface area contributed by atoms with E-state index in [-0.39, 0.29) is 5.91 Å². The highest BCUT2D eigenvalue weighted by molar-refractivity contribution is 7.99. The molecule has 118 valence electrons. The maximum Gasteiger partial charge on any atom is 0.233 e. The Morgan fingerprint density at radius 3 is 3.26 bits per heavy atom. The summed E-state index contributed by atoms with van der Waals surface area (Å²) in [7, 11) is 0. The Hall–Kier alpha value is -1.50. The van der Waals surface area contributed by atoms with E-state index >= 15 is 0 Å². The van der Waals surface area contributed by atoms with Gasteiger partial charge < -0.3 is 9.88 Å². The predicted octanol–water partition coefficient (Wildman–Crippen LogP) is 3.95. The average molecular weight is 364 g/mol. The summed E-state index contributed by atoms with van der Waals surface area (Å²) in [5, 5.41) is 3.53. The number of imidazole rings is 1. The fourth-order valence-corrected chi connectivity index (χ4v) is 4.56. The standard InChI is InChI=1S/C16H14ClN3OS2/c17-11-1-2-12-13(7-11)19-16(18-12)23-9-15(21)20-5-3-14-10(8-20)4-6-22-14/h1-2,4,6-7H,3,5,8-9H2,(H,18,19). The van der Waals surface area contributed by atoms with Crippen molar-refractivity contribution in [2.75, 3.05) is 12.3 Å². The second kappa shape index (κ2) is 6.19. The Labute approximate surface area is 146 Å². The van der Waals surface area contributed by atoms with E-state index in [9.17, 15) is 4.79 Å². The van der Waals surface area contributed by atoms with Gasteiger partial charge in [0.2, 0.25) is 5.91 Å². The minimum absolute atomic E-state index is 0.158. The molecular weight excluding hydrogens is 350 g/mol. The quantitative estimate of drug-likeness (QED) is 0.717. The van der Waals surface area contributed by atoms with Crippen LogP contribution in [0.3, 0.4) is 0 Å². The lowest BCUT2D eigenvalue weighted by Gasteiger charge is -2.26. The number of rotatable bonds is 3. The Morgan fingerprint density at radius 2 is 2.35 bits per heavy atom. The van der Waals surface area contributed by atoms with Crippen LogP contribution in [0.1, 0.15) is 10.4 Å². The molecule has 1 N–H and O–H groups in total. The number of thiophene rings is 1. The third-order valence-corrected chi connectivity index (χ3v) is 6.03. The van der Waals surface area contributed by atoms with Gasteiger partial charge in [-0.15, -0.1) is 11.3 Å². The number of carbonyl (C=O) groups is 1. The number of H-pyrrole nitrogens is 1. The third-order valence-electron chi connectivity index (χ3n) is 3.91. The van der Waals surface area contributed by atoms with Crippen molar-refractivity contribution in [1.82, 2.24) is 14.9 Å². The Balaban J connectivity index is 1.41. The molecule has 1 amide bonds. The third kappa shape index (κ3) is 3.11. The van der Waals surface area contributed by atoms with Gasteiger partial charge in [-0.3, -0.25) is 4.79 Å². The maximum absolute atomic E-state index is 12.4. The molecule has 0 radical (unpaired) electrons. The second-order valence-corrected chi connectivity index (χ2v) is 7.83. The zero-order valence-corrected chi connectivity index (χ0v) is 14.6. The van der Waals surface area contributed by atoms with Crippen LogP contribution in [0.5, 0.6) is 0 Å². The van der Waals surface area contributed by atoms with E-state index in [1.807, 2.05) is 23.1 Å². The van der Waals surface area contributed by atoms with Crippen LogP contribution in [0.2, 0.25) is 5.02 Å². The molecule has 0 fully saturated rings. The van der Waals surface area contributed by atoms with Crippen molar-refractivity contribution in [2.24, 2.45) is 0 Å². The van der Waals surface area contributed by atoms with E-state index in [1.54, 1.807) is 11.3 Å². The highest BCUT2D eigenvalue weighted by Gasteiger charge is 2.21. The molecule has 3 heterocycles. The van der Waals surface area contributed by atoms with Gasteiger partial charge in [0.25, 0.3) is 0 Å². The summed E-state index contributed by atoms with van der Waals surface area (Å²) >= 11 is 9.20. The van der Waals surface area contributed by atoms with Crippen LogP contribution in [0.15, 0.2) is 34.8 Å². The SMILES string of the molecule is O=C(CSc1nc2ccc(Cl)cc2[nH]1)N1CCc2sccc2C1. The highest BCUT2D eigenvalue weighted by atomic mass is 35.5. The fourth-order valence-electron chi connectivity index (χ4n) is 2.71. The number of hydrogen-bond acceptors (Lipinski definition) is 4. The number of nitrogens with one attached hydrogen (secondary N) is 1. The van der Waals surface area contributed by atoms with Gasteiger partial charge in [-0.05, 0) is 41.6 Å². The number of benzene rings is 1. The van der Waals surface area contributed by atoms with Crippen molar-refractivity contribution in [3.63, 3.8) is 0 Å². The smallest absolute Gasteiger partial charge is 0.233 e. The first-order valence-corrected chi connectivity index (χ1v) is 9.54. The highest BCUT2D eigenvalue weighted by Crippen LogP contribution is 2.26. The lowest BCUT2D eigenvalue weighted by atomic mass is 10.1. The molecule has 0 unspecified atom stereocenters. The first kappa shape index (κ1) is 15.1. The van der Waals surface area contributed by atoms with E-state index in [4.69, 9.17) is 11.6 Å². The zero-order valence-electron chi connectivity index (χ0n) is 12.2. The van der Waals surface area contributed by atoms with Gasteiger partial charge >= 0.3 is 0 Å². The number of fused-ring (bicyclic) bond motifs is 2. The number of amides is 1. The van der Waals surface area contributed by atoms with Crippen molar-refractivity contribution in [3.8, 4) is 0 Å². The van der Waals surface area contributed by atoms with Crippen LogP contribution < -0.4 is 0 Å². The van der Waals surface area contributed by atoms with Gasteiger partial charge in [-0.2, -0.15) is 0 Å². The molecule has 0 saturated carbocycles. The van der Waals surface area contributed by atoms with Crippen LogP contribution in [0.4, 0.5) is 0 Å². The molecule has 4 rings (SSSR count). The van der Waals surface area contributed by atoms with Crippen molar-refractivity contribution < 1.29 is 4.79 Å². The largest absolute Gasteiger partial charge is 0.337 e. The summed E-state index contributed by atoms with van der Waals surface area (Å²) < 4.78 is 0. The van der Waals surface area contributed by atoms with Crippen LogP contribution >= 0.6 is 34.7 Å². The number of thioether (sulfide) groups is 1.